The highest BCUT2D eigenvalue weighted by Crippen LogP contribution is 2.38. The molecule has 2 aromatic rings. The molecule has 122 valence electrons. The summed E-state index contributed by atoms with van der Waals surface area (Å²) < 4.78 is 21.4. The van der Waals surface area contributed by atoms with Crippen molar-refractivity contribution in [3.63, 3.8) is 0 Å². The van der Waals surface area contributed by atoms with Gasteiger partial charge in [-0.1, -0.05) is 13.8 Å². The summed E-state index contributed by atoms with van der Waals surface area (Å²) in [6.45, 7) is 4.28. The molecule has 1 aromatic carbocycles. The molecule has 1 aromatic heterocycles. The summed E-state index contributed by atoms with van der Waals surface area (Å²) >= 11 is 0. The summed E-state index contributed by atoms with van der Waals surface area (Å²) in [4.78, 5) is 23.6. The molecule has 1 N–H and O–H groups in total. The van der Waals surface area contributed by atoms with Crippen LogP contribution in [0.25, 0.3) is 10.9 Å². The van der Waals surface area contributed by atoms with Gasteiger partial charge in [0, 0.05) is 23.7 Å². The zero-order chi connectivity index (χ0) is 16.7. The molecule has 0 saturated heterocycles. The van der Waals surface area contributed by atoms with Crippen LogP contribution in [0.1, 0.15) is 43.1 Å². The van der Waals surface area contributed by atoms with Crippen molar-refractivity contribution in [2.24, 2.45) is 5.92 Å². The number of aromatic nitrogens is 1. The number of halogens is 1. The molecule has 0 radical (unpaired) electrons. The normalized spacial score (nSPS) is 14.4. The van der Waals surface area contributed by atoms with E-state index in [4.69, 9.17) is 4.74 Å². The van der Waals surface area contributed by atoms with Crippen molar-refractivity contribution in [1.29, 1.82) is 0 Å². The fraction of sp³-hybridized carbons (Fsp3) is 0.412. The fourth-order valence-corrected chi connectivity index (χ4v) is 2.52. The Morgan fingerprint density at radius 1 is 1.43 bits per heavy atom. The SMILES string of the molecule is CC(C)COc1cc2c(cc1F)c(=O)c(C(=O)O)cn2C1CC1. The Bertz CT molecular complexity index is 837. The molecule has 3 rings (SSSR count). The second-order valence-corrected chi connectivity index (χ2v) is 6.32. The first kappa shape index (κ1) is 15.5. The van der Waals surface area contributed by atoms with Gasteiger partial charge in [0.15, 0.2) is 11.6 Å². The standard InChI is InChI=1S/C17H18FNO4/c1-9(2)8-23-15-6-14-11(5-13(15)18)16(20)12(17(21)22)7-19(14)10-3-4-10/h5-7,9-10H,3-4,8H2,1-2H3,(H,21,22). The van der Waals surface area contributed by atoms with E-state index in [1.54, 1.807) is 4.57 Å². The minimum atomic E-state index is -1.30. The minimum absolute atomic E-state index is 0.0752. The van der Waals surface area contributed by atoms with Crippen LogP contribution < -0.4 is 10.2 Å². The topological polar surface area (TPSA) is 68.5 Å². The largest absolute Gasteiger partial charge is 0.490 e. The molecule has 5 nitrogen and oxygen atoms in total. The maximum absolute atomic E-state index is 14.2. The van der Waals surface area contributed by atoms with E-state index >= 15 is 0 Å². The monoisotopic (exact) mass is 319 g/mol. The second kappa shape index (κ2) is 5.68. The van der Waals surface area contributed by atoms with Crippen LogP contribution in [-0.4, -0.2) is 22.2 Å². The van der Waals surface area contributed by atoms with Gasteiger partial charge in [0.05, 0.1) is 12.1 Å². The first-order chi connectivity index (χ1) is 10.9. The third-order valence-corrected chi connectivity index (χ3v) is 3.83. The second-order valence-electron chi connectivity index (χ2n) is 6.32. The van der Waals surface area contributed by atoms with Crippen molar-refractivity contribution in [3.05, 3.63) is 39.9 Å². The molecule has 6 heteroatoms. The Kier molecular flexibility index (Phi) is 3.83. The summed E-state index contributed by atoms with van der Waals surface area (Å²) in [6, 6.07) is 2.73. The predicted molar refractivity (Wildman–Crippen MR) is 83.7 cm³/mol. The van der Waals surface area contributed by atoms with Gasteiger partial charge in [0.25, 0.3) is 0 Å². The van der Waals surface area contributed by atoms with Crippen LogP contribution in [-0.2, 0) is 0 Å². The molecule has 1 fully saturated rings. The van der Waals surface area contributed by atoms with Crippen LogP contribution in [0.4, 0.5) is 4.39 Å². The molecule has 0 bridgehead atoms. The number of pyridine rings is 1. The van der Waals surface area contributed by atoms with E-state index in [2.05, 4.69) is 0 Å². The number of hydrogen-bond acceptors (Lipinski definition) is 3. The molecule has 0 spiro atoms. The van der Waals surface area contributed by atoms with Gasteiger partial charge in [-0.05, 0) is 24.8 Å². The van der Waals surface area contributed by atoms with E-state index in [1.165, 1.54) is 12.3 Å². The number of nitrogens with zero attached hydrogens (tertiary/aromatic N) is 1. The Labute approximate surface area is 132 Å². The van der Waals surface area contributed by atoms with Crippen LogP contribution >= 0.6 is 0 Å². The van der Waals surface area contributed by atoms with Gasteiger partial charge in [-0.2, -0.15) is 0 Å². The number of aromatic carboxylic acids is 1. The van der Waals surface area contributed by atoms with Crippen LogP contribution in [0, 0.1) is 11.7 Å². The number of carboxylic acid groups (broad SMARTS) is 1. The Hall–Kier alpha value is -2.37. The lowest BCUT2D eigenvalue weighted by atomic mass is 10.1. The van der Waals surface area contributed by atoms with Crippen LogP contribution in [0.3, 0.4) is 0 Å². The fourth-order valence-electron chi connectivity index (χ4n) is 2.52. The first-order valence-electron chi connectivity index (χ1n) is 7.63. The number of carbonyl (C=O) groups is 1. The molecule has 0 aliphatic heterocycles. The summed E-state index contributed by atoms with van der Waals surface area (Å²) in [5.74, 6) is -1.62. The molecule has 1 saturated carbocycles. The number of benzene rings is 1. The zero-order valence-corrected chi connectivity index (χ0v) is 13.0. The predicted octanol–water partition coefficient (Wildman–Crippen LogP) is 3.21. The Balaban J connectivity index is 2.21. The zero-order valence-electron chi connectivity index (χ0n) is 13.0. The smallest absolute Gasteiger partial charge is 0.341 e. The Morgan fingerprint density at radius 2 is 2.13 bits per heavy atom. The summed E-state index contributed by atoms with van der Waals surface area (Å²) in [7, 11) is 0. The Morgan fingerprint density at radius 3 is 2.70 bits per heavy atom. The summed E-state index contributed by atoms with van der Waals surface area (Å²) in [5, 5.41) is 9.26. The van der Waals surface area contributed by atoms with Crippen LogP contribution in [0.15, 0.2) is 23.1 Å². The third kappa shape index (κ3) is 2.93. The number of ether oxygens (including phenoxy) is 1. The molecule has 0 unspecified atom stereocenters. The molecule has 0 atom stereocenters. The van der Waals surface area contributed by atoms with Gasteiger partial charge in [0.1, 0.15) is 5.56 Å². The number of hydrogen-bond donors (Lipinski definition) is 1. The number of rotatable bonds is 5. The van der Waals surface area contributed by atoms with Gasteiger partial charge in [-0.25, -0.2) is 9.18 Å². The summed E-state index contributed by atoms with van der Waals surface area (Å²) in [6.07, 6.45) is 3.18. The van der Waals surface area contributed by atoms with Crippen LogP contribution in [0.2, 0.25) is 0 Å². The quantitative estimate of drug-likeness (QED) is 0.919. The van der Waals surface area contributed by atoms with Crippen molar-refractivity contribution in [1.82, 2.24) is 4.57 Å². The highest BCUT2D eigenvalue weighted by molar-refractivity contribution is 5.93. The molecule has 1 heterocycles. The van der Waals surface area contributed by atoms with Gasteiger partial charge >= 0.3 is 5.97 Å². The molecule has 0 amide bonds. The van der Waals surface area contributed by atoms with E-state index in [1.807, 2.05) is 13.8 Å². The molecular formula is C17H18FNO4. The van der Waals surface area contributed by atoms with Crippen molar-refractivity contribution < 1.29 is 19.0 Å². The van der Waals surface area contributed by atoms with Gasteiger partial charge in [-0.3, -0.25) is 4.79 Å². The van der Waals surface area contributed by atoms with Gasteiger partial charge in [0.2, 0.25) is 5.43 Å². The van der Waals surface area contributed by atoms with Crippen molar-refractivity contribution >= 4 is 16.9 Å². The van der Waals surface area contributed by atoms with E-state index < -0.39 is 17.2 Å². The van der Waals surface area contributed by atoms with Crippen molar-refractivity contribution in [3.8, 4) is 5.75 Å². The molecule has 1 aliphatic rings. The molecule has 1 aliphatic carbocycles. The maximum Gasteiger partial charge on any atom is 0.341 e. The highest BCUT2D eigenvalue weighted by atomic mass is 19.1. The number of fused-ring (bicyclic) bond motifs is 1. The molecule has 23 heavy (non-hydrogen) atoms. The first-order valence-corrected chi connectivity index (χ1v) is 7.63. The third-order valence-electron chi connectivity index (χ3n) is 3.83. The molecular weight excluding hydrogens is 301 g/mol. The van der Waals surface area contributed by atoms with Gasteiger partial charge in [-0.15, -0.1) is 0 Å². The van der Waals surface area contributed by atoms with E-state index in [9.17, 15) is 19.1 Å². The highest BCUT2D eigenvalue weighted by Gasteiger charge is 2.27. The lowest BCUT2D eigenvalue weighted by Crippen LogP contribution is -2.19. The average molecular weight is 319 g/mol. The van der Waals surface area contributed by atoms with Gasteiger partial charge < -0.3 is 14.4 Å². The lowest BCUT2D eigenvalue weighted by Gasteiger charge is -2.14. The van der Waals surface area contributed by atoms with E-state index in [0.717, 1.165) is 18.9 Å². The average Bonchev–Trinajstić information content (AvgIpc) is 3.30. The van der Waals surface area contributed by atoms with Crippen molar-refractivity contribution in [2.75, 3.05) is 6.61 Å². The lowest BCUT2D eigenvalue weighted by molar-refractivity contribution is 0.0695. The summed E-state index contributed by atoms with van der Waals surface area (Å²) in [5.41, 5.74) is -0.485. The van der Waals surface area contributed by atoms with Crippen LogP contribution in [0.5, 0.6) is 5.75 Å². The maximum atomic E-state index is 14.2. The van der Waals surface area contributed by atoms with E-state index in [0.29, 0.717) is 12.1 Å². The minimum Gasteiger partial charge on any atom is -0.490 e. The number of carboxylic acids is 1. The van der Waals surface area contributed by atoms with Crippen molar-refractivity contribution in [2.45, 2.75) is 32.7 Å². The van der Waals surface area contributed by atoms with E-state index in [-0.39, 0.29) is 28.7 Å².